The van der Waals surface area contributed by atoms with Crippen molar-refractivity contribution in [2.24, 2.45) is 5.73 Å². The average molecular weight is 286 g/mol. The summed E-state index contributed by atoms with van der Waals surface area (Å²) in [6.45, 7) is 0. The smallest absolute Gasteiger partial charge is 0.366 e. The molecular formula is C11H9F3N4O2. The maximum atomic E-state index is 12.2. The van der Waals surface area contributed by atoms with E-state index >= 15 is 0 Å². The maximum absolute atomic E-state index is 12.2. The Labute approximate surface area is 110 Å². The number of hydrogen-bond donors (Lipinski definition) is 2. The van der Waals surface area contributed by atoms with E-state index in [1.165, 1.54) is 6.33 Å². The van der Waals surface area contributed by atoms with Crippen molar-refractivity contribution in [2.75, 3.05) is 0 Å². The number of nitrogens with two attached hydrogens (primary N) is 1. The molecule has 0 fully saturated rings. The zero-order chi connectivity index (χ0) is 15.2. The molecule has 0 spiro atoms. The number of nitrogens with zero attached hydrogens (tertiary/aromatic N) is 2. The number of aromatic nitrogens is 3. The molecule has 2 aromatic rings. The Morgan fingerprint density at radius 3 is 2.20 bits per heavy atom. The van der Waals surface area contributed by atoms with E-state index < -0.39 is 28.8 Å². The molecule has 0 aliphatic rings. The van der Waals surface area contributed by atoms with Gasteiger partial charge in [-0.05, 0) is 6.07 Å². The second-order valence-corrected chi connectivity index (χ2v) is 3.39. The molecule has 2 rings (SSSR count). The Bertz CT molecular complexity index is 599. The highest BCUT2D eigenvalue weighted by Crippen LogP contribution is 2.30. The molecule has 1 amide bonds. The lowest BCUT2D eigenvalue weighted by molar-refractivity contribution is -0.138. The molecule has 6 nitrogen and oxygen atoms in total. The third kappa shape index (κ3) is 4.52. The van der Waals surface area contributed by atoms with Crippen LogP contribution in [0.3, 0.4) is 0 Å². The molecule has 106 valence electrons. The van der Waals surface area contributed by atoms with Crippen molar-refractivity contribution in [3.63, 3.8) is 0 Å². The number of H-pyrrole nitrogens is 1. The van der Waals surface area contributed by atoms with Gasteiger partial charge in [0, 0.05) is 24.7 Å². The Hall–Kier alpha value is -2.71. The van der Waals surface area contributed by atoms with Crippen LogP contribution >= 0.6 is 0 Å². The topological polar surface area (TPSA) is 102 Å². The predicted molar refractivity (Wildman–Crippen MR) is 62.6 cm³/mol. The van der Waals surface area contributed by atoms with Gasteiger partial charge in [0.05, 0.1) is 11.1 Å². The molecule has 0 aliphatic heterocycles. The lowest BCUT2D eigenvalue weighted by atomic mass is 10.1. The van der Waals surface area contributed by atoms with Crippen LogP contribution in [0.4, 0.5) is 13.2 Å². The number of halogens is 3. The van der Waals surface area contributed by atoms with Crippen molar-refractivity contribution < 1.29 is 18.0 Å². The highest BCUT2D eigenvalue weighted by atomic mass is 19.4. The summed E-state index contributed by atoms with van der Waals surface area (Å²) in [5.41, 5.74) is 1.68. The summed E-state index contributed by atoms with van der Waals surface area (Å²) in [5.74, 6) is -1.24. The fourth-order valence-electron chi connectivity index (χ4n) is 1.16. The molecular weight excluding hydrogens is 277 g/mol. The van der Waals surface area contributed by atoms with E-state index in [2.05, 4.69) is 9.97 Å². The van der Waals surface area contributed by atoms with Crippen LogP contribution in [0, 0.1) is 0 Å². The fourth-order valence-corrected chi connectivity index (χ4v) is 1.16. The largest absolute Gasteiger partial charge is 0.417 e. The highest BCUT2D eigenvalue weighted by molar-refractivity contribution is 5.94. The molecule has 0 aromatic carbocycles. The van der Waals surface area contributed by atoms with Crippen molar-refractivity contribution in [3.05, 3.63) is 58.5 Å². The number of carbonyl (C=O) groups excluding carboxylic acids is 1. The van der Waals surface area contributed by atoms with Crippen molar-refractivity contribution in [2.45, 2.75) is 6.18 Å². The van der Waals surface area contributed by atoms with E-state index in [1.54, 1.807) is 18.5 Å². The van der Waals surface area contributed by atoms with Crippen LogP contribution in [-0.4, -0.2) is 20.9 Å². The van der Waals surface area contributed by atoms with Gasteiger partial charge in [-0.15, -0.1) is 0 Å². The van der Waals surface area contributed by atoms with E-state index in [9.17, 15) is 22.8 Å². The maximum Gasteiger partial charge on any atom is 0.417 e. The van der Waals surface area contributed by atoms with E-state index in [4.69, 9.17) is 5.73 Å². The SMILES string of the molecule is NC(=O)c1c[nH]c(=O)cc1C(F)(F)F.c1cncnc1. The number of aromatic amines is 1. The monoisotopic (exact) mass is 286 g/mol. The first-order chi connectivity index (χ1) is 9.32. The minimum absolute atomic E-state index is 0.292. The number of rotatable bonds is 1. The van der Waals surface area contributed by atoms with Gasteiger partial charge in [-0.25, -0.2) is 9.97 Å². The molecule has 0 aliphatic carbocycles. The van der Waals surface area contributed by atoms with E-state index in [1.807, 2.05) is 4.98 Å². The zero-order valence-electron chi connectivity index (χ0n) is 9.89. The number of pyridine rings is 1. The van der Waals surface area contributed by atoms with Gasteiger partial charge in [0.15, 0.2) is 0 Å². The van der Waals surface area contributed by atoms with Crippen molar-refractivity contribution in [1.29, 1.82) is 0 Å². The molecule has 2 aromatic heterocycles. The number of hydrogen-bond acceptors (Lipinski definition) is 4. The standard InChI is InChI=1S/C7H5F3N2O2.C4H4N2/c8-7(9,10)4-1-5(13)12-2-3(4)6(11)14;1-2-5-4-6-3-1/h1-2H,(H2,11,14)(H,12,13);1-4H. The molecule has 20 heavy (non-hydrogen) atoms. The summed E-state index contributed by atoms with van der Waals surface area (Å²) in [7, 11) is 0. The first-order valence-electron chi connectivity index (χ1n) is 5.12. The molecule has 0 radical (unpaired) electrons. The number of alkyl halides is 3. The summed E-state index contributed by atoms with van der Waals surface area (Å²) in [4.78, 5) is 30.5. The van der Waals surface area contributed by atoms with Gasteiger partial charge in [0.25, 0.3) is 5.91 Å². The first-order valence-corrected chi connectivity index (χ1v) is 5.12. The Kier molecular flexibility index (Phi) is 4.95. The number of amides is 1. The lowest BCUT2D eigenvalue weighted by Gasteiger charge is -2.08. The quantitative estimate of drug-likeness (QED) is 0.815. The van der Waals surface area contributed by atoms with Crippen molar-refractivity contribution in [1.82, 2.24) is 15.0 Å². The summed E-state index contributed by atoms with van der Waals surface area (Å²) >= 11 is 0. The van der Waals surface area contributed by atoms with Crippen LogP contribution in [-0.2, 0) is 6.18 Å². The highest BCUT2D eigenvalue weighted by Gasteiger charge is 2.35. The predicted octanol–water partition coefficient (Wildman–Crippen LogP) is 0.969. The minimum atomic E-state index is -4.77. The second kappa shape index (κ2) is 6.45. The lowest BCUT2D eigenvalue weighted by Crippen LogP contribution is -2.22. The number of nitrogens with one attached hydrogen (secondary N) is 1. The molecule has 9 heteroatoms. The summed E-state index contributed by atoms with van der Waals surface area (Å²) in [5, 5.41) is 0. The minimum Gasteiger partial charge on any atom is -0.366 e. The summed E-state index contributed by atoms with van der Waals surface area (Å²) in [6.07, 6.45) is 0.756. The van der Waals surface area contributed by atoms with Gasteiger partial charge in [-0.3, -0.25) is 9.59 Å². The normalized spacial score (nSPS) is 10.3. The van der Waals surface area contributed by atoms with Crippen LogP contribution in [0.15, 0.2) is 41.8 Å². The molecule has 3 N–H and O–H groups in total. The zero-order valence-corrected chi connectivity index (χ0v) is 9.89. The Morgan fingerprint density at radius 1 is 1.25 bits per heavy atom. The Morgan fingerprint density at radius 2 is 1.85 bits per heavy atom. The van der Waals surface area contributed by atoms with Crippen molar-refractivity contribution in [3.8, 4) is 0 Å². The van der Waals surface area contributed by atoms with Gasteiger partial charge in [0.1, 0.15) is 6.33 Å². The van der Waals surface area contributed by atoms with E-state index in [-0.39, 0.29) is 0 Å². The summed E-state index contributed by atoms with van der Waals surface area (Å²) in [6, 6.07) is 2.07. The van der Waals surface area contributed by atoms with Gasteiger partial charge >= 0.3 is 6.18 Å². The van der Waals surface area contributed by atoms with Crippen molar-refractivity contribution >= 4 is 5.91 Å². The molecule has 0 atom stereocenters. The third-order valence-corrected chi connectivity index (χ3v) is 1.97. The van der Waals surface area contributed by atoms with E-state index in [0.717, 1.165) is 0 Å². The Balaban J connectivity index is 0.000000276. The second-order valence-electron chi connectivity index (χ2n) is 3.39. The number of primary amides is 1. The molecule has 2 heterocycles. The first kappa shape index (κ1) is 15.3. The van der Waals surface area contributed by atoms with E-state index in [0.29, 0.717) is 12.3 Å². The van der Waals surface area contributed by atoms with Crippen LogP contribution in [0.5, 0.6) is 0 Å². The summed E-state index contributed by atoms with van der Waals surface area (Å²) < 4.78 is 36.7. The van der Waals surface area contributed by atoms with Gasteiger partial charge in [-0.2, -0.15) is 13.2 Å². The third-order valence-electron chi connectivity index (χ3n) is 1.97. The van der Waals surface area contributed by atoms with Crippen LogP contribution in [0.25, 0.3) is 0 Å². The fraction of sp³-hybridized carbons (Fsp3) is 0.0909. The van der Waals surface area contributed by atoms with Crippen LogP contribution in [0.1, 0.15) is 15.9 Å². The van der Waals surface area contributed by atoms with Crippen LogP contribution in [0.2, 0.25) is 0 Å². The van der Waals surface area contributed by atoms with Crippen LogP contribution < -0.4 is 11.3 Å². The molecule has 0 saturated carbocycles. The number of carbonyl (C=O) groups is 1. The average Bonchev–Trinajstić information content (AvgIpc) is 2.40. The van der Waals surface area contributed by atoms with Gasteiger partial charge in [-0.1, -0.05) is 0 Å². The van der Waals surface area contributed by atoms with Gasteiger partial charge in [0.2, 0.25) is 5.56 Å². The molecule has 0 bridgehead atoms. The van der Waals surface area contributed by atoms with Gasteiger partial charge < -0.3 is 10.7 Å². The molecule has 0 saturated heterocycles. The molecule has 0 unspecified atom stereocenters.